The van der Waals surface area contributed by atoms with Crippen molar-refractivity contribution < 1.29 is 4.92 Å². The van der Waals surface area contributed by atoms with Gasteiger partial charge in [-0.2, -0.15) is 0 Å². The number of nitro groups is 1. The summed E-state index contributed by atoms with van der Waals surface area (Å²) in [5, 5.41) is 11.4. The molecule has 0 aliphatic rings. The Morgan fingerprint density at radius 3 is 1.91 bits per heavy atom. The highest BCUT2D eigenvalue weighted by molar-refractivity contribution is 7.13. The van der Waals surface area contributed by atoms with E-state index in [0.29, 0.717) is 0 Å². The molecule has 0 aliphatic carbocycles. The van der Waals surface area contributed by atoms with E-state index in [1.807, 2.05) is 12.1 Å². The molecule has 2 aromatic heterocycles. The normalized spacial score (nSPS) is 11.0. The maximum atomic E-state index is 11.4. The Hall–Kier alpha value is -1.98. The third kappa shape index (κ3) is 2.82. The molecule has 0 saturated heterocycles. The molecule has 22 heavy (non-hydrogen) atoms. The highest BCUT2D eigenvalue weighted by Crippen LogP contribution is 2.42. The monoisotopic (exact) mass is 329 g/mol. The van der Waals surface area contributed by atoms with Gasteiger partial charge < -0.3 is 0 Å². The van der Waals surface area contributed by atoms with Crippen molar-refractivity contribution in [3.63, 3.8) is 0 Å². The quantitative estimate of drug-likeness (QED) is 0.467. The van der Waals surface area contributed by atoms with Crippen LogP contribution >= 0.6 is 22.7 Å². The van der Waals surface area contributed by atoms with E-state index in [-0.39, 0.29) is 16.5 Å². The van der Waals surface area contributed by atoms with Gasteiger partial charge in [0, 0.05) is 31.1 Å². The van der Waals surface area contributed by atoms with Crippen molar-refractivity contribution in [3.8, 4) is 0 Å². The van der Waals surface area contributed by atoms with Gasteiger partial charge in [-0.05, 0) is 38.1 Å². The zero-order chi connectivity index (χ0) is 15.7. The van der Waals surface area contributed by atoms with Gasteiger partial charge in [-0.15, -0.1) is 22.7 Å². The van der Waals surface area contributed by atoms with Crippen LogP contribution < -0.4 is 0 Å². The Kier molecular flexibility index (Phi) is 4.09. The molecule has 3 aromatic rings. The molecule has 0 bridgehead atoms. The predicted molar refractivity (Wildman–Crippen MR) is 92.2 cm³/mol. The first-order chi connectivity index (χ1) is 10.6. The first kappa shape index (κ1) is 14.9. The third-order valence-electron chi connectivity index (χ3n) is 3.54. The number of nitrogens with zero attached hydrogens (tertiary/aromatic N) is 1. The van der Waals surface area contributed by atoms with E-state index in [1.165, 1.54) is 9.75 Å². The lowest BCUT2D eigenvalue weighted by atomic mass is 9.94. The van der Waals surface area contributed by atoms with Gasteiger partial charge in [-0.25, -0.2) is 0 Å². The van der Waals surface area contributed by atoms with Crippen LogP contribution in [0.4, 0.5) is 5.69 Å². The summed E-state index contributed by atoms with van der Waals surface area (Å²) in [5.41, 5.74) is 0.945. The summed E-state index contributed by atoms with van der Waals surface area (Å²) in [7, 11) is 0. The van der Waals surface area contributed by atoms with Gasteiger partial charge in [0.25, 0.3) is 5.69 Å². The highest BCUT2D eigenvalue weighted by Gasteiger charge is 2.26. The van der Waals surface area contributed by atoms with Gasteiger partial charge in [-0.3, -0.25) is 10.1 Å². The molecule has 0 spiro atoms. The molecule has 2 heterocycles. The topological polar surface area (TPSA) is 43.1 Å². The van der Waals surface area contributed by atoms with Gasteiger partial charge >= 0.3 is 0 Å². The van der Waals surface area contributed by atoms with Crippen molar-refractivity contribution in [2.45, 2.75) is 19.8 Å². The summed E-state index contributed by atoms with van der Waals surface area (Å²) in [6.07, 6.45) is 0. The van der Waals surface area contributed by atoms with Crippen LogP contribution in [0.2, 0.25) is 0 Å². The van der Waals surface area contributed by atoms with E-state index < -0.39 is 0 Å². The van der Waals surface area contributed by atoms with Crippen LogP contribution in [0.25, 0.3) is 0 Å². The van der Waals surface area contributed by atoms with Crippen molar-refractivity contribution in [1.29, 1.82) is 0 Å². The molecule has 5 heteroatoms. The van der Waals surface area contributed by atoms with Crippen LogP contribution in [0.3, 0.4) is 0 Å². The number of hydrogen-bond acceptors (Lipinski definition) is 4. The molecule has 0 atom stereocenters. The Balaban J connectivity index is 2.20. The lowest BCUT2D eigenvalue weighted by molar-refractivity contribution is -0.385. The van der Waals surface area contributed by atoms with Gasteiger partial charge in [0.15, 0.2) is 0 Å². The number of rotatable bonds is 4. The van der Waals surface area contributed by atoms with E-state index in [9.17, 15) is 10.1 Å². The Labute approximate surface area is 137 Å². The van der Waals surface area contributed by atoms with E-state index in [4.69, 9.17) is 0 Å². The second-order valence-electron chi connectivity index (χ2n) is 5.15. The number of nitro benzene ring substituents is 1. The highest BCUT2D eigenvalue weighted by atomic mass is 32.1. The summed E-state index contributed by atoms with van der Waals surface area (Å²) in [5.74, 6) is -0.0704. The molecule has 0 aliphatic heterocycles. The average Bonchev–Trinajstić information content (AvgIpc) is 3.09. The van der Waals surface area contributed by atoms with Gasteiger partial charge in [0.1, 0.15) is 0 Å². The van der Waals surface area contributed by atoms with E-state index in [1.54, 1.807) is 34.8 Å². The van der Waals surface area contributed by atoms with Crippen molar-refractivity contribution in [2.24, 2.45) is 0 Å². The Bertz CT molecular complexity index is 779. The Morgan fingerprint density at radius 2 is 1.45 bits per heavy atom. The number of aryl methyl sites for hydroxylation is 2. The smallest absolute Gasteiger partial charge is 0.258 e. The van der Waals surface area contributed by atoms with Crippen LogP contribution in [-0.4, -0.2) is 4.92 Å². The fourth-order valence-corrected chi connectivity index (χ4v) is 4.67. The number of benzene rings is 1. The standard InChI is InChI=1S/C17H15NO2S2/c1-11-7-9-15(21-11)17(16-10-8-12(2)22-16)13-5-3-4-6-14(13)18(19)20/h3-10,17H,1-2H3. The van der Waals surface area contributed by atoms with Crippen molar-refractivity contribution >= 4 is 28.4 Å². The van der Waals surface area contributed by atoms with Crippen LogP contribution in [0.5, 0.6) is 0 Å². The predicted octanol–water partition coefficient (Wildman–Crippen LogP) is 5.51. The fourth-order valence-electron chi connectivity index (χ4n) is 2.56. The molecule has 0 N–H and O–H groups in total. The van der Waals surface area contributed by atoms with Crippen LogP contribution in [0.15, 0.2) is 48.5 Å². The summed E-state index contributed by atoms with van der Waals surface area (Å²) < 4.78 is 0. The molecule has 0 amide bonds. The molecule has 0 radical (unpaired) electrons. The molecule has 0 saturated carbocycles. The third-order valence-corrected chi connectivity index (χ3v) is 5.67. The van der Waals surface area contributed by atoms with Gasteiger partial charge in [-0.1, -0.05) is 18.2 Å². The minimum Gasteiger partial charge on any atom is -0.258 e. The van der Waals surface area contributed by atoms with Gasteiger partial charge in [0.05, 0.1) is 10.8 Å². The number of hydrogen-bond donors (Lipinski definition) is 0. The second-order valence-corrected chi connectivity index (χ2v) is 7.78. The van der Waals surface area contributed by atoms with Crippen LogP contribution in [-0.2, 0) is 0 Å². The molecule has 0 fully saturated rings. The minimum atomic E-state index is -0.288. The maximum Gasteiger partial charge on any atom is 0.273 e. The summed E-state index contributed by atoms with van der Waals surface area (Å²) >= 11 is 3.40. The maximum absolute atomic E-state index is 11.4. The molecule has 0 unspecified atom stereocenters. The largest absolute Gasteiger partial charge is 0.273 e. The summed E-state index contributed by atoms with van der Waals surface area (Å²) in [6.45, 7) is 4.12. The zero-order valence-corrected chi connectivity index (χ0v) is 13.9. The summed E-state index contributed by atoms with van der Waals surface area (Å²) in [6, 6.07) is 15.3. The molecule has 3 nitrogen and oxygen atoms in total. The second kappa shape index (κ2) is 6.02. The van der Waals surface area contributed by atoms with E-state index in [2.05, 4.69) is 38.1 Å². The van der Waals surface area contributed by atoms with Crippen molar-refractivity contribution in [3.05, 3.63) is 83.7 Å². The van der Waals surface area contributed by atoms with Crippen LogP contribution in [0, 0.1) is 24.0 Å². The first-order valence-electron chi connectivity index (χ1n) is 6.92. The fraction of sp³-hybridized carbons (Fsp3) is 0.176. The Morgan fingerprint density at radius 1 is 0.909 bits per heavy atom. The lowest BCUT2D eigenvalue weighted by Gasteiger charge is -2.14. The number of para-hydroxylation sites is 1. The zero-order valence-electron chi connectivity index (χ0n) is 12.3. The minimum absolute atomic E-state index is 0.0704. The lowest BCUT2D eigenvalue weighted by Crippen LogP contribution is -2.03. The first-order valence-corrected chi connectivity index (χ1v) is 8.55. The molecular formula is C17H15NO2S2. The van der Waals surface area contributed by atoms with Gasteiger partial charge in [0.2, 0.25) is 0 Å². The average molecular weight is 329 g/mol. The van der Waals surface area contributed by atoms with Crippen molar-refractivity contribution in [1.82, 2.24) is 0 Å². The SMILES string of the molecule is Cc1ccc(C(c2ccc(C)s2)c2ccccc2[N+](=O)[O-])s1. The molecule has 112 valence electrons. The van der Waals surface area contributed by atoms with E-state index >= 15 is 0 Å². The molecule has 3 rings (SSSR count). The summed E-state index contributed by atoms with van der Waals surface area (Å²) in [4.78, 5) is 15.8. The van der Waals surface area contributed by atoms with E-state index in [0.717, 1.165) is 15.3 Å². The molecule has 1 aromatic carbocycles. The van der Waals surface area contributed by atoms with Crippen molar-refractivity contribution in [2.75, 3.05) is 0 Å². The van der Waals surface area contributed by atoms with Crippen LogP contribution in [0.1, 0.15) is 31.0 Å². The molecular weight excluding hydrogens is 314 g/mol. The number of thiophene rings is 2.